The van der Waals surface area contributed by atoms with Gasteiger partial charge in [0, 0.05) is 19.6 Å². The van der Waals surface area contributed by atoms with Crippen LogP contribution in [-0.4, -0.2) is 64.1 Å². The molecule has 1 saturated heterocycles. The minimum absolute atomic E-state index is 0.124. The number of carboxylic acids is 1. The maximum Gasteiger partial charge on any atom is 0.329 e. The molecular weight excluding hydrogens is 264 g/mol. The molecule has 0 radical (unpaired) electrons. The van der Waals surface area contributed by atoms with Crippen molar-refractivity contribution in [3.63, 3.8) is 0 Å². The summed E-state index contributed by atoms with van der Waals surface area (Å²) in [4.78, 5) is 27.0. The molecule has 1 heterocycles. The number of aliphatic carboxylic acids is 1. The number of likely N-dealkylation sites (tertiary alicyclic amines) is 1. The lowest BCUT2D eigenvalue weighted by molar-refractivity contribution is -0.147. The van der Waals surface area contributed by atoms with Gasteiger partial charge in [-0.2, -0.15) is 11.8 Å². The van der Waals surface area contributed by atoms with Gasteiger partial charge < -0.3 is 14.9 Å². The molecular formula is C13H24N2O3S. The van der Waals surface area contributed by atoms with E-state index >= 15 is 0 Å². The van der Waals surface area contributed by atoms with Crippen LogP contribution in [0, 0.1) is 0 Å². The van der Waals surface area contributed by atoms with Crippen LogP contribution in [0.4, 0.5) is 4.79 Å². The normalized spacial score (nSPS) is 24.3. The molecule has 0 saturated carbocycles. The van der Waals surface area contributed by atoms with Crippen LogP contribution in [0.2, 0.25) is 0 Å². The molecule has 0 bridgehead atoms. The Morgan fingerprint density at radius 2 is 2.16 bits per heavy atom. The molecule has 0 spiro atoms. The molecule has 110 valence electrons. The largest absolute Gasteiger partial charge is 0.480 e. The highest BCUT2D eigenvalue weighted by molar-refractivity contribution is 7.98. The molecule has 1 fully saturated rings. The molecule has 5 nitrogen and oxygen atoms in total. The van der Waals surface area contributed by atoms with Crippen LogP contribution in [-0.2, 0) is 4.79 Å². The molecule has 1 aliphatic heterocycles. The van der Waals surface area contributed by atoms with Crippen LogP contribution in [0.3, 0.4) is 0 Å². The fourth-order valence-corrected chi connectivity index (χ4v) is 2.93. The van der Waals surface area contributed by atoms with Crippen molar-refractivity contribution in [3.05, 3.63) is 0 Å². The molecule has 19 heavy (non-hydrogen) atoms. The summed E-state index contributed by atoms with van der Waals surface area (Å²) >= 11 is 1.75. The molecule has 0 aromatic rings. The van der Waals surface area contributed by atoms with Crippen molar-refractivity contribution in [3.8, 4) is 0 Å². The third-order valence-electron chi connectivity index (χ3n) is 4.04. The number of urea groups is 1. The molecule has 0 aliphatic carbocycles. The Kier molecular flexibility index (Phi) is 5.52. The highest BCUT2D eigenvalue weighted by Gasteiger charge is 2.47. The SMILES string of the molecule is CSCCC(C)N(C)C(=O)N1CCCC1(C)C(=O)O. The number of thioether (sulfide) groups is 1. The number of carbonyl (C=O) groups is 2. The lowest BCUT2D eigenvalue weighted by Gasteiger charge is -2.36. The number of amides is 2. The zero-order valence-corrected chi connectivity index (χ0v) is 13.0. The van der Waals surface area contributed by atoms with Gasteiger partial charge in [0.25, 0.3) is 0 Å². The first-order chi connectivity index (χ1) is 8.84. The third kappa shape index (κ3) is 3.35. The second-order valence-corrected chi connectivity index (χ2v) is 6.34. The average molecular weight is 288 g/mol. The highest BCUT2D eigenvalue weighted by Crippen LogP contribution is 2.30. The topological polar surface area (TPSA) is 60.9 Å². The Morgan fingerprint density at radius 3 is 2.68 bits per heavy atom. The number of carboxylic acid groups (broad SMARTS) is 1. The average Bonchev–Trinajstić information content (AvgIpc) is 2.77. The minimum atomic E-state index is -1.05. The predicted octanol–water partition coefficient (Wildman–Crippen LogP) is 2.12. The van der Waals surface area contributed by atoms with Crippen LogP contribution in [0.1, 0.15) is 33.1 Å². The smallest absolute Gasteiger partial charge is 0.329 e. The summed E-state index contributed by atoms with van der Waals surface area (Å²) in [5.41, 5.74) is -1.05. The maximum absolute atomic E-state index is 12.5. The van der Waals surface area contributed by atoms with Crippen molar-refractivity contribution in [1.29, 1.82) is 0 Å². The third-order valence-corrected chi connectivity index (χ3v) is 4.68. The summed E-state index contributed by atoms with van der Waals surface area (Å²) in [5.74, 6) is 0.0816. The van der Waals surface area contributed by atoms with Crippen LogP contribution in [0.5, 0.6) is 0 Å². The fraction of sp³-hybridized carbons (Fsp3) is 0.846. The number of rotatable bonds is 5. The van der Waals surface area contributed by atoms with E-state index in [2.05, 4.69) is 0 Å². The molecule has 1 rings (SSSR count). The number of hydrogen-bond acceptors (Lipinski definition) is 3. The van der Waals surface area contributed by atoms with Crippen molar-refractivity contribution in [2.45, 2.75) is 44.7 Å². The Morgan fingerprint density at radius 1 is 1.53 bits per heavy atom. The highest BCUT2D eigenvalue weighted by atomic mass is 32.2. The lowest BCUT2D eigenvalue weighted by atomic mass is 9.99. The van der Waals surface area contributed by atoms with Gasteiger partial charge in [0.2, 0.25) is 0 Å². The fourth-order valence-electron chi connectivity index (χ4n) is 2.35. The minimum Gasteiger partial charge on any atom is -0.480 e. The van der Waals surface area contributed by atoms with Gasteiger partial charge in [-0.15, -0.1) is 0 Å². The quantitative estimate of drug-likeness (QED) is 0.842. The first-order valence-corrected chi connectivity index (χ1v) is 8.00. The summed E-state index contributed by atoms with van der Waals surface area (Å²) in [5, 5.41) is 9.34. The van der Waals surface area contributed by atoms with E-state index in [1.54, 1.807) is 30.6 Å². The van der Waals surface area contributed by atoms with Crippen molar-refractivity contribution < 1.29 is 14.7 Å². The van der Waals surface area contributed by atoms with Gasteiger partial charge in [0.1, 0.15) is 5.54 Å². The van der Waals surface area contributed by atoms with Gasteiger partial charge >= 0.3 is 12.0 Å². The van der Waals surface area contributed by atoms with E-state index in [1.807, 2.05) is 13.2 Å². The van der Waals surface area contributed by atoms with E-state index in [9.17, 15) is 14.7 Å². The van der Waals surface area contributed by atoms with Gasteiger partial charge in [0.05, 0.1) is 0 Å². The van der Waals surface area contributed by atoms with Crippen LogP contribution >= 0.6 is 11.8 Å². The molecule has 2 atom stereocenters. The van der Waals surface area contributed by atoms with Gasteiger partial charge in [-0.25, -0.2) is 9.59 Å². The molecule has 6 heteroatoms. The molecule has 2 unspecified atom stereocenters. The molecule has 2 amide bonds. The van der Waals surface area contributed by atoms with Gasteiger partial charge in [-0.05, 0) is 45.1 Å². The van der Waals surface area contributed by atoms with Gasteiger partial charge in [-0.3, -0.25) is 0 Å². The van der Waals surface area contributed by atoms with Crippen molar-refractivity contribution in [2.75, 3.05) is 25.6 Å². The summed E-state index contributed by atoms with van der Waals surface area (Å²) in [6, 6.07) is -0.0467. The van der Waals surface area contributed by atoms with Crippen LogP contribution in [0.15, 0.2) is 0 Å². The maximum atomic E-state index is 12.5. The first-order valence-electron chi connectivity index (χ1n) is 6.61. The monoisotopic (exact) mass is 288 g/mol. The van der Waals surface area contributed by atoms with E-state index in [-0.39, 0.29) is 12.1 Å². The van der Waals surface area contributed by atoms with Crippen LogP contribution in [0.25, 0.3) is 0 Å². The van der Waals surface area contributed by atoms with E-state index in [1.165, 1.54) is 4.90 Å². The second-order valence-electron chi connectivity index (χ2n) is 5.36. The second kappa shape index (κ2) is 6.50. The summed E-state index contributed by atoms with van der Waals surface area (Å²) in [6.07, 6.45) is 4.24. The lowest BCUT2D eigenvalue weighted by Crippen LogP contribution is -2.55. The number of hydrogen-bond donors (Lipinski definition) is 1. The van der Waals surface area contributed by atoms with Gasteiger partial charge in [-0.1, -0.05) is 0 Å². The van der Waals surface area contributed by atoms with Crippen LogP contribution < -0.4 is 0 Å². The predicted molar refractivity (Wildman–Crippen MR) is 77.6 cm³/mol. The van der Waals surface area contributed by atoms with E-state index in [0.717, 1.165) is 18.6 Å². The first kappa shape index (κ1) is 16.1. The Labute approximate surface area is 119 Å². The Balaban J connectivity index is 2.73. The zero-order valence-electron chi connectivity index (χ0n) is 12.2. The molecule has 0 aromatic heterocycles. The Hall–Kier alpha value is -0.910. The molecule has 0 aromatic carbocycles. The van der Waals surface area contributed by atoms with Gasteiger partial charge in [0.15, 0.2) is 0 Å². The van der Waals surface area contributed by atoms with Crippen molar-refractivity contribution >= 4 is 23.8 Å². The molecule has 1 aliphatic rings. The summed E-state index contributed by atoms with van der Waals surface area (Å²) in [7, 11) is 1.76. The van der Waals surface area contributed by atoms with E-state index < -0.39 is 11.5 Å². The molecule has 1 N–H and O–H groups in total. The number of nitrogens with zero attached hydrogens (tertiary/aromatic N) is 2. The van der Waals surface area contributed by atoms with Crippen molar-refractivity contribution in [1.82, 2.24) is 9.80 Å². The van der Waals surface area contributed by atoms with E-state index in [4.69, 9.17) is 0 Å². The Bertz CT molecular complexity index is 351. The summed E-state index contributed by atoms with van der Waals surface area (Å²) in [6.45, 7) is 4.17. The van der Waals surface area contributed by atoms with Crippen molar-refractivity contribution in [2.24, 2.45) is 0 Å². The van der Waals surface area contributed by atoms with E-state index in [0.29, 0.717) is 13.0 Å². The zero-order chi connectivity index (χ0) is 14.6. The standard InChI is InChI=1S/C13H24N2O3S/c1-10(6-9-19-4)14(3)12(18)15-8-5-7-13(15,2)11(16)17/h10H,5-9H2,1-4H3,(H,16,17). The summed E-state index contributed by atoms with van der Waals surface area (Å²) < 4.78 is 0. The number of carbonyl (C=O) groups excluding carboxylic acids is 1.